The quantitative estimate of drug-likeness (QED) is 0.553. The van der Waals surface area contributed by atoms with Crippen molar-refractivity contribution >= 4 is 0 Å². The van der Waals surface area contributed by atoms with E-state index in [4.69, 9.17) is 9.84 Å². The normalized spacial score (nSPS) is 32.5. The summed E-state index contributed by atoms with van der Waals surface area (Å²) in [6.45, 7) is 2.05. The Labute approximate surface area is 71.0 Å². The van der Waals surface area contributed by atoms with E-state index in [1.54, 1.807) is 6.08 Å². The summed E-state index contributed by atoms with van der Waals surface area (Å²) in [5.41, 5.74) is 0.940. The molecular formula is C9H11NO2. The van der Waals surface area contributed by atoms with Gasteiger partial charge in [-0.05, 0) is 25.2 Å². The molecule has 0 saturated heterocycles. The van der Waals surface area contributed by atoms with Gasteiger partial charge in [0.25, 0.3) is 0 Å². The van der Waals surface area contributed by atoms with Gasteiger partial charge in [0.15, 0.2) is 0 Å². The first-order valence-corrected chi connectivity index (χ1v) is 3.97. The first-order valence-electron chi connectivity index (χ1n) is 3.97. The fourth-order valence-electron chi connectivity index (χ4n) is 1.27. The maximum Gasteiger partial charge on any atom is 0.217 e. The molecule has 2 rings (SSSR count). The molecule has 3 heteroatoms. The number of ether oxygens (including phenoxy) is 1. The Bertz CT molecular complexity index is 250. The molecule has 0 bridgehead atoms. The van der Waals surface area contributed by atoms with Crippen molar-refractivity contribution in [3.63, 3.8) is 0 Å². The second-order valence-corrected chi connectivity index (χ2v) is 2.94. The van der Waals surface area contributed by atoms with E-state index in [-0.39, 0.29) is 0 Å². The van der Waals surface area contributed by atoms with Crippen LogP contribution in [-0.4, -0.2) is 17.4 Å². The molecule has 0 radical (unpaired) electrons. The number of hydrogen-bond donors (Lipinski definition) is 2. The maximum atomic E-state index is 9.11. The van der Waals surface area contributed by atoms with Gasteiger partial charge in [-0.2, -0.15) is 0 Å². The second-order valence-electron chi connectivity index (χ2n) is 2.94. The topological polar surface area (TPSA) is 41.5 Å². The van der Waals surface area contributed by atoms with Crippen molar-refractivity contribution in [3.8, 4) is 0 Å². The Morgan fingerprint density at radius 3 is 3.08 bits per heavy atom. The van der Waals surface area contributed by atoms with Gasteiger partial charge in [0.2, 0.25) is 6.29 Å². The third-order valence-corrected chi connectivity index (χ3v) is 1.86. The Balaban J connectivity index is 2.24. The first-order chi connectivity index (χ1) is 5.75. The van der Waals surface area contributed by atoms with Crippen LogP contribution in [0.2, 0.25) is 0 Å². The number of allylic oxidation sites excluding steroid dienone is 2. The lowest BCUT2D eigenvalue weighted by molar-refractivity contribution is -0.0265. The Morgan fingerprint density at radius 1 is 1.42 bits per heavy atom. The van der Waals surface area contributed by atoms with E-state index in [9.17, 15) is 0 Å². The van der Waals surface area contributed by atoms with Gasteiger partial charge in [-0.3, -0.25) is 0 Å². The van der Waals surface area contributed by atoms with Crippen molar-refractivity contribution in [2.24, 2.45) is 0 Å². The van der Waals surface area contributed by atoms with E-state index in [2.05, 4.69) is 12.2 Å². The average Bonchev–Trinajstić information content (AvgIpc) is 2.05. The molecule has 2 unspecified atom stereocenters. The van der Waals surface area contributed by atoms with Crippen LogP contribution in [0.15, 0.2) is 35.8 Å². The van der Waals surface area contributed by atoms with Crippen molar-refractivity contribution in [3.05, 3.63) is 35.8 Å². The molecule has 0 aromatic rings. The zero-order valence-electron chi connectivity index (χ0n) is 6.82. The predicted octanol–water partition coefficient (Wildman–Crippen LogP) is 0.651. The van der Waals surface area contributed by atoms with Crippen LogP contribution >= 0.6 is 0 Å². The Hall–Kier alpha value is -1.22. The average molecular weight is 165 g/mol. The summed E-state index contributed by atoms with van der Waals surface area (Å²) in [4.78, 5) is 0. The van der Waals surface area contributed by atoms with Gasteiger partial charge in [0.05, 0.1) is 5.70 Å². The van der Waals surface area contributed by atoms with Crippen molar-refractivity contribution in [2.75, 3.05) is 0 Å². The SMILES string of the molecule is CC1C=CC2=C(C=CC(O)O2)N1. The van der Waals surface area contributed by atoms with Crippen LogP contribution in [0.25, 0.3) is 0 Å². The van der Waals surface area contributed by atoms with Crippen LogP contribution in [0, 0.1) is 0 Å². The van der Waals surface area contributed by atoms with Crippen LogP contribution in [-0.2, 0) is 4.74 Å². The van der Waals surface area contributed by atoms with Gasteiger partial charge in [-0.15, -0.1) is 0 Å². The van der Waals surface area contributed by atoms with Crippen LogP contribution in [0.5, 0.6) is 0 Å². The number of nitrogens with one attached hydrogen (secondary N) is 1. The molecule has 2 N–H and O–H groups in total. The van der Waals surface area contributed by atoms with Crippen molar-refractivity contribution < 1.29 is 9.84 Å². The molecule has 12 heavy (non-hydrogen) atoms. The zero-order valence-corrected chi connectivity index (χ0v) is 6.82. The lowest BCUT2D eigenvalue weighted by atomic mass is 10.1. The van der Waals surface area contributed by atoms with E-state index >= 15 is 0 Å². The van der Waals surface area contributed by atoms with Crippen LogP contribution < -0.4 is 5.32 Å². The third kappa shape index (κ3) is 1.23. The molecule has 0 aromatic heterocycles. The van der Waals surface area contributed by atoms with Crippen molar-refractivity contribution in [2.45, 2.75) is 19.3 Å². The molecule has 3 nitrogen and oxygen atoms in total. The molecule has 0 aromatic carbocycles. The summed E-state index contributed by atoms with van der Waals surface area (Å²) in [6, 6.07) is 0.326. The van der Waals surface area contributed by atoms with Gasteiger partial charge < -0.3 is 15.2 Å². The van der Waals surface area contributed by atoms with Crippen LogP contribution in [0.4, 0.5) is 0 Å². The van der Waals surface area contributed by atoms with Crippen LogP contribution in [0.1, 0.15) is 6.92 Å². The Kier molecular flexibility index (Phi) is 1.66. The molecule has 0 aliphatic carbocycles. The first kappa shape index (κ1) is 7.43. The van der Waals surface area contributed by atoms with E-state index in [1.807, 2.05) is 18.2 Å². The fourth-order valence-corrected chi connectivity index (χ4v) is 1.27. The van der Waals surface area contributed by atoms with E-state index in [0.29, 0.717) is 11.8 Å². The lowest BCUT2D eigenvalue weighted by Crippen LogP contribution is -2.29. The summed E-state index contributed by atoms with van der Waals surface area (Å²) >= 11 is 0. The summed E-state index contributed by atoms with van der Waals surface area (Å²) < 4.78 is 5.14. The largest absolute Gasteiger partial charge is 0.459 e. The number of aliphatic hydroxyl groups is 1. The number of dihydropyridines is 1. The lowest BCUT2D eigenvalue weighted by Gasteiger charge is -2.24. The highest BCUT2D eigenvalue weighted by Gasteiger charge is 2.16. The highest BCUT2D eigenvalue weighted by Crippen LogP contribution is 2.19. The molecule has 0 saturated carbocycles. The zero-order chi connectivity index (χ0) is 8.55. The van der Waals surface area contributed by atoms with Crippen molar-refractivity contribution in [1.29, 1.82) is 0 Å². The summed E-state index contributed by atoms with van der Waals surface area (Å²) in [5, 5.41) is 12.3. The third-order valence-electron chi connectivity index (χ3n) is 1.86. The van der Waals surface area contributed by atoms with Gasteiger partial charge in [0, 0.05) is 6.04 Å². The molecule has 64 valence electrons. The standard InChI is InChI=1S/C9H11NO2/c1-6-2-4-8-7(10-6)3-5-9(11)12-8/h2-6,9-11H,1H3. The summed E-state index contributed by atoms with van der Waals surface area (Å²) in [7, 11) is 0. The number of aliphatic hydroxyl groups excluding tert-OH is 1. The minimum absolute atomic E-state index is 0.326. The molecule has 2 atom stereocenters. The molecule has 0 fully saturated rings. The van der Waals surface area contributed by atoms with Crippen molar-refractivity contribution in [1.82, 2.24) is 5.32 Å². The summed E-state index contributed by atoms with van der Waals surface area (Å²) in [6.07, 6.45) is 6.51. The number of hydrogen-bond acceptors (Lipinski definition) is 3. The molecule has 0 amide bonds. The van der Waals surface area contributed by atoms with E-state index < -0.39 is 6.29 Å². The molecule has 2 aliphatic heterocycles. The fraction of sp³-hybridized carbons (Fsp3) is 0.333. The Morgan fingerprint density at radius 2 is 2.25 bits per heavy atom. The minimum atomic E-state index is -0.802. The van der Waals surface area contributed by atoms with Gasteiger partial charge >= 0.3 is 0 Å². The molecule has 2 heterocycles. The monoisotopic (exact) mass is 165 g/mol. The van der Waals surface area contributed by atoms with Gasteiger partial charge in [0.1, 0.15) is 5.76 Å². The minimum Gasteiger partial charge on any atom is -0.459 e. The maximum absolute atomic E-state index is 9.11. The molecule has 2 aliphatic rings. The van der Waals surface area contributed by atoms with Gasteiger partial charge in [-0.1, -0.05) is 6.08 Å². The van der Waals surface area contributed by atoms with E-state index in [0.717, 1.165) is 5.70 Å². The van der Waals surface area contributed by atoms with Gasteiger partial charge in [-0.25, -0.2) is 0 Å². The summed E-state index contributed by atoms with van der Waals surface area (Å²) in [5.74, 6) is 0.711. The predicted molar refractivity (Wildman–Crippen MR) is 45.0 cm³/mol. The smallest absolute Gasteiger partial charge is 0.217 e. The highest BCUT2D eigenvalue weighted by molar-refractivity contribution is 5.35. The number of rotatable bonds is 0. The molecular weight excluding hydrogens is 154 g/mol. The second kappa shape index (κ2) is 2.68. The highest BCUT2D eigenvalue weighted by atomic mass is 16.6. The van der Waals surface area contributed by atoms with E-state index in [1.165, 1.54) is 0 Å². The molecule has 0 spiro atoms. The van der Waals surface area contributed by atoms with Crippen LogP contribution in [0.3, 0.4) is 0 Å².